The lowest BCUT2D eigenvalue weighted by atomic mass is 10.1. The molecule has 2 aromatic rings. The van der Waals surface area contributed by atoms with Crippen LogP contribution >= 0.6 is 0 Å². The topological polar surface area (TPSA) is 122 Å². The summed E-state index contributed by atoms with van der Waals surface area (Å²) in [7, 11) is -3.77. The van der Waals surface area contributed by atoms with Gasteiger partial charge in [0.1, 0.15) is 11.6 Å². The van der Waals surface area contributed by atoms with E-state index in [1.165, 1.54) is 12.1 Å². The van der Waals surface area contributed by atoms with E-state index in [0.29, 0.717) is 67.4 Å². The summed E-state index contributed by atoms with van der Waals surface area (Å²) in [5.74, 6) is 0.783. The average molecular weight is 479 g/mol. The molecular formula is C23H34N4O5S. The van der Waals surface area contributed by atoms with Gasteiger partial charge in [-0.3, -0.25) is 4.79 Å². The van der Waals surface area contributed by atoms with E-state index in [4.69, 9.17) is 9.47 Å². The molecule has 1 saturated heterocycles. The third-order valence-corrected chi connectivity index (χ3v) is 6.99. The van der Waals surface area contributed by atoms with E-state index >= 15 is 0 Å². The number of aromatic amines is 1. The fourth-order valence-electron chi connectivity index (χ4n) is 3.77. The van der Waals surface area contributed by atoms with Crippen LogP contribution in [0, 0.1) is 0 Å². The Morgan fingerprint density at radius 2 is 2.06 bits per heavy atom. The summed E-state index contributed by atoms with van der Waals surface area (Å²) in [5, 5.41) is 3.23. The second-order valence-corrected chi connectivity index (χ2v) is 9.70. The van der Waals surface area contributed by atoms with Gasteiger partial charge in [0.15, 0.2) is 0 Å². The number of hydrogen-bond donors (Lipinski definition) is 3. The number of hydrogen-bond acceptors (Lipinski definition) is 7. The number of morpholine rings is 1. The van der Waals surface area contributed by atoms with Crippen molar-refractivity contribution in [3.05, 3.63) is 39.8 Å². The predicted octanol–water partition coefficient (Wildman–Crippen LogP) is 2.01. The normalized spacial score (nSPS) is 16.6. The van der Waals surface area contributed by atoms with E-state index in [0.717, 1.165) is 13.0 Å². The number of ether oxygens (including phenoxy) is 2. The Morgan fingerprint density at radius 3 is 2.73 bits per heavy atom. The fourth-order valence-corrected chi connectivity index (χ4v) is 4.84. The molecule has 2 heterocycles. The number of sulfonamides is 1. The molecule has 1 atom stereocenters. The van der Waals surface area contributed by atoms with Crippen LogP contribution in [0.4, 0.5) is 0 Å². The lowest BCUT2D eigenvalue weighted by Crippen LogP contribution is -2.40. The summed E-state index contributed by atoms with van der Waals surface area (Å²) in [6.45, 7) is 8.71. The number of benzene rings is 1. The van der Waals surface area contributed by atoms with Crippen LogP contribution in [-0.4, -0.2) is 57.3 Å². The Bertz CT molecular complexity index is 1090. The molecule has 1 unspecified atom stereocenters. The zero-order valence-corrected chi connectivity index (χ0v) is 20.4. The lowest BCUT2D eigenvalue weighted by Gasteiger charge is -2.23. The van der Waals surface area contributed by atoms with Crippen LogP contribution in [0.2, 0.25) is 0 Å². The lowest BCUT2D eigenvalue weighted by molar-refractivity contribution is 0.0247. The molecule has 1 aliphatic heterocycles. The summed E-state index contributed by atoms with van der Waals surface area (Å²) >= 11 is 0. The molecule has 0 spiro atoms. The monoisotopic (exact) mass is 478 g/mol. The minimum absolute atomic E-state index is 0.0133. The molecular weight excluding hydrogens is 444 g/mol. The molecule has 1 aliphatic rings. The molecule has 182 valence electrons. The smallest absolute Gasteiger partial charge is 0.254 e. The van der Waals surface area contributed by atoms with Crippen LogP contribution < -0.4 is 20.3 Å². The first-order valence-corrected chi connectivity index (χ1v) is 13.1. The molecule has 3 N–H and O–H groups in total. The quantitative estimate of drug-likeness (QED) is 0.451. The number of nitrogens with one attached hydrogen (secondary N) is 3. The standard InChI is InChI=1S/C23H34N4O5S/c1-4-12-32-21-8-7-17(33(29,30)25-10-9-16-15-24-11-13-31-16)14-19(21)22-26-20(6-3)18(5-2)23(28)27-22/h7-8,14,16,24-25H,4-6,9-13,15H2,1-3H3,(H,26,27,28). The van der Waals surface area contributed by atoms with Crippen LogP contribution in [-0.2, 0) is 27.6 Å². The first kappa shape index (κ1) is 25.4. The SMILES string of the molecule is CCCOc1ccc(S(=O)(=O)NCCC2CNCCO2)cc1-c1nc(CC)c(CC)c(=O)[nH]1. The highest BCUT2D eigenvalue weighted by Gasteiger charge is 2.21. The van der Waals surface area contributed by atoms with Crippen LogP contribution in [0.25, 0.3) is 11.4 Å². The van der Waals surface area contributed by atoms with Gasteiger partial charge in [0.05, 0.1) is 35.5 Å². The second kappa shape index (κ2) is 11.7. The maximum absolute atomic E-state index is 13.0. The number of H-pyrrole nitrogens is 1. The van der Waals surface area contributed by atoms with Gasteiger partial charge in [-0.25, -0.2) is 18.1 Å². The van der Waals surface area contributed by atoms with E-state index < -0.39 is 10.0 Å². The first-order chi connectivity index (χ1) is 15.9. The van der Waals surface area contributed by atoms with Crippen LogP contribution in [0.1, 0.15) is 44.9 Å². The minimum Gasteiger partial charge on any atom is -0.493 e. The van der Waals surface area contributed by atoms with Crippen molar-refractivity contribution < 1.29 is 17.9 Å². The van der Waals surface area contributed by atoms with E-state index in [2.05, 4.69) is 20.0 Å². The van der Waals surface area contributed by atoms with Gasteiger partial charge in [-0.1, -0.05) is 20.8 Å². The van der Waals surface area contributed by atoms with Gasteiger partial charge in [-0.15, -0.1) is 0 Å². The van der Waals surface area contributed by atoms with Crippen molar-refractivity contribution >= 4 is 10.0 Å². The third-order valence-electron chi connectivity index (χ3n) is 5.53. The fraction of sp³-hybridized carbons (Fsp3) is 0.565. The molecule has 3 rings (SSSR count). The van der Waals surface area contributed by atoms with Crippen LogP contribution in [0.3, 0.4) is 0 Å². The van der Waals surface area contributed by atoms with Gasteiger partial charge in [0.2, 0.25) is 10.0 Å². The molecule has 0 amide bonds. The minimum atomic E-state index is -3.77. The highest BCUT2D eigenvalue weighted by Crippen LogP contribution is 2.30. The number of rotatable bonds is 11. The van der Waals surface area contributed by atoms with Crippen molar-refractivity contribution in [3.8, 4) is 17.1 Å². The average Bonchev–Trinajstić information content (AvgIpc) is 2.82. The molecule has 1 aromatic heterocycles. The van der Waals surface area contributed by atoms with E-state index in [-0.39, 0.29) is 23.1 Å². The first-order valence-electron chi connectivity index (χ1n) is 11.6. The van der Waals surface area contributed by atoms with E-state index in [1.807, 2.05) is 20.8 Å². The Labute approximate surface area is 195 Å². The van der Waals surface area contributed by atoms with Gasteiger partial charge in [-0.2, -0.15) is 0 Å². The molecule has 33 heavy (non-hydrogen) atoms. The number of aromatic nitrogens is 2. The Hall–Kier alpha value is -2.27. The molecule has 1 fully saturated rings. The van der Waals surface area contributed by atoms with Gasteiger partial charge in [-0.05, 0) is 43.9 Å². The maximum Gasteiger partial charge on any atom is 0.254 e. The summed E-state index contributed by atoms with van der Waals surface area (Å²) in [5.41, 5.74) is 1.57. The van der Waals surface area contributed by atoms with Gasteiger partial charge < -0.3 is 19.8 Å². The van der Waals surface area contributed by atoms with Crippen molar-refractivity contribution in [2.24, 2.45) is 0 Å². The summed E-state index contributed by atoms with van der Waals surface area (Å²) in [6.07, 6.45) is 2.52. The van der Waals surface area contributed by atoms with Crippen molar-refractivity contribution in [2.75, 3.05) is 32.8 Å². The zero-order valence-electron chi connectivity index (χ0n) is 19.6. The Balaban J connectivity index is 1.91. The molecule has 1 aromatic carbocycles. The van der Waals surface area contributed by atoms with Crippen molar-refractivity contribution in [3.63, 3.8) is 0 Å². The predicted molar refractivity (Wildman–Crippen MR) is 127 cm³/mol. The van der Waals surface area contributed by atoms with Crippen LogP contribution in [0.15, 0.2) is 27.9 Å². The van der Waals surface area contributed by atoms with Crippen molar-refractivity contribution in [1.29, 1.82) is 0 Å². The number of nitrogens with zero attached hydrogens (tertiary/aromatic N) is 1. The van der Waals surface area contributed by atoms with Crippen molar-refractivity contribution in [2.45, 2.75) is 57.5 Å². The largest absolute Gasteiger partial charge is 0.493 e. The summed E-state index contributed by atoms with van der Waals surface area (Å²) in [6, 6.07) is 4.64. The maximum atomic E-state index is 13.0. The molecule has 10 heteroatoms. The van der Waals surface area contributed by atoms with Gasteiger partial charge in [0.25, 0.3) is 5.56 Å². The van der Waals surface area contributed by atoms with E-state index in [9.17, 15) is 13.2 Å². The third kappa shape index (κ3) is 6.41. The highest BCUT2D eigenvalue weighted by atomic mass is 32.2. The van der Waals surface area contributed by atoms with Crippen LogP contribution in [0.5, 0.6) is 5.75 Å². The Morgan fingerprint density at radius 1 is 1.24 bits per heavy atom. The molecule has 0 aliphatic carbocycles. The summed E-state index contributed by atoms with van der Waals surface area (Å²) < 4.78 is 40.1. The Kier molecular flexibility index (Phi) is 9.02. The van der Waals surface area contributed by atoms with Crippen molar-refractivity contribution in [1.82, 2.24) is 20.0 Å². The number of aryl methyl sites for hydroxylation is 1. The summed E-state index contributed by atoms with van der Waals surface area (Å²) in [4.78, 5) is 20.2. The highest BCUT2D eigenvalue weighted by molar-refractivity contribution is 7.89. The van der Waals surface area contributed by atoms with Gasteiger partial charge >= 0.3 is 0 Å². The molecule has 0 radical (unpaired) electrons. The second-order valence-electron chi connectivity index (χ2n) is 7.94. The molecule has 0 bridgehead atoms. The zero-order chi connectivity index (χ0) is 23.8. The van der Waals surface area contributed by atoms with E-state index in [1.54, 1.807) is 6.07 Å². The molecule has 0 saturated carbocycles. The molecule has 9 nitrogen and oxygen atoms in total. The van der Waals surface area contributed by atoms with Gasteiger partial charge in [0, 0.05) is 25.2 Å².